The third-order valence-corrected chi connectivity index (χ3v) is 3.20. The zero-order chi connectivity index (χ0) is 16.1. The number of rotatable bonds is 5. The number of urea groups is 1. The Labute approximate surface area is 132 Å². The van der Waals surface area contributed by atoms with Gasteiger partial charge in [0.25, 0.3) is 0 Å². The lowest BCUT2D eigenvalue weighted by atomic mass is 10.3. The molecule has 0 spiro atoms. The molecule has 7 heteroatoms. The average molecular weight is 312 g/mol. The van der Waals surface area contributed by atoms with Gasteiger partial charge in [-0.15, -0.1) is 0 Å². The fourth-order valence-electron chi connectivity index (χ4n) is 2.13. The quantitative estimate of drug-likeness (QED) is 0.758. The fraction of sp³-hybridized carbons (Fsp3) is 0.125. The van der Waals surface area contributed by atoms with Gasteiger partial charge in [0.1, 0.15) is 23.9 Å². The average Bonchev–Trinajstić information content (AvgIpc) is 3.21. The molecule has 0 bridgehead atoms. The van der Waals surface area contributed by atoms with Gasteiger partial charge in [-0.05, 0) is 24.3 Å². The van der Waals surface area contributed by atoms with Gasteiger partial charge in [0.15, 0.2) is 0 Å². The first kappa shape index (κ1) is 14.7. The maximum atomic E-state index is 12.2. The standard InChI is InChI=1S/C16H16N4O3/c1-22-14-7-3-2-6-13(14)18-16(21)19-15-8-9-17-20(15)11-12-5-4-10-23-12/h2-10H,11H2,1H3,(H2,18,19,21). The van der Waals surface area contributed by atoms with Gasteiger partial charge in [-0.2, -0.15) is 5.10 Å². The molecule has 7 nitrogen and oxygen atoms in total. The molecule has 0 aliphatic carbocycles. The molecule has 3 aromatic rings. The number of carbonyl (C=O) groups excluding carboxylic acids is 1. The molecule has 2 N–H and O–H groups in total. The van der Waals surface area contributed by atoms with E-state index in [4.69, 9.17) is 9.15 Å². The first-order chi connectivity index (χ1) is 11.3. The Kier molecular flexibility index (Phi) is 4.28. The van der Waals surface area contributed by atoms with Crippen LogP contribution in [0.25, 0.3) is 0 Å². The number of anilines is 2. The van der Waals surface area contributed by atoms with Crippen molar-refractivity contribution in [2.24, 2.45) is 0 Å². The maximum absolute atomic E-state index is 12.2. The van der Waals surface area contributed by atoms with Crippen molar-refractivity contribution in [3.8, 4) is 5.75 Å². The van der Waals surface area contributed by atoms with E-state index in [1.54, 1.807) is 48.5 Å². The number of furan rings is 1. The fourth-order valence-corrected chi connectivity index (χ4v) is 2.13. The van der Waals surface area contributed by atoms with Crippen molar-refractivity contribution in [2.45, 2.75) is 6.54 Å². The molecular formula is C16H16N4O3. The van der Waals surface area contributed by atoms with E-state index < -0.39 is 0 Å². The lowest BCUT2D eigenvalue weighted by Gasteiger charge is -2.11. The van der Waals surface area contributed by atoms with Gasteiger partial charge in [0.05, 0.1) is 25.3 Å². The number of carbonyl (C=O) groups is 1. The van der Waals surface area contributed by atoms with E-state index >= 15 is 0 Å². The largest absolute Gasteiger partial charge is 0.495 e. The van der Waals surface area contributed by atoms with E-state index in [1.807, 2.05) is 18.2 Å². The van der Waals surface area contributed by atoms with E-state index in [-0.39, 0.29) is 6.03 Å². The predicted octanol–water partition coefficient (Wildman–Crippen LogP) is 3.18. The van der Waals surface area contributed by atoms with Crippen LogP contribution >= 0.6 is 0 Å². The number of nitrogens with one attached hydrogen (secondary N) is 2. The molecule has 0 saturated carbocycles. The van der Waals surface area contributed by atoms with E-state index in [9.17, 15) is 4.79 Å². The number of hydrogen-bond acceptors (Lipinski definition) is 4. The summed E-state index contributed by atoms with van der Waals surface area (Å²) >= 11 is 0. The summed E-state index contributed by atoms with van der Waals surface area (Å²) in [7, 11) is 1.55. The van der Waals surface area contributed by atoms with Crippen molar-refractivity contribution in [1.29, 1.82) is 0 Å². The number of amides is 2. The zero-order valence-corrected chi connectivity index (χ0v) is 12.5. The molecule has 0 fully saturated rings. The Morgan fingerprint density at radius 3 is 2.87 bits per heavy atom. The highest BCUT2D eigenvalue weighted by molar-refractivity contribution is 6.00. The number of methoxy groups -OCH3 is 1. The highest BCUT2D eigenvalue weighted by Crippen LogP contribution is 2.23. The van der Waals surface area contributed by atoms with Gasteiger partial charge in [-0.1, -0.05) is 12.1 Å². The normalized spacial score (nSPS) is 10.3. The highest BCUT2D eigenvalue weighted by atomic mass is 16.5. The van der Waals surface area contributed by atoms with Crippen LogP contribution in [0.1, 0.15) is 5.76 Å². The minimum absolute atomic E-state index is 0.379. The summed E-state index contributed by atoms with van der Waals surface area (Å²) in [4.78, 5) is 12.2. The minimum Gasteiger partial charge on any atom is -0.495 e. The summed E-state index contributed by atoms with van der Waals surface area (Å²) in [6.07, 6.45) is 3.21. The molecule has 0 atom stereocenters. The van der Waals surface area contributed by atoms with Gasteiger partial charge < -0.3 is 14.5 Å². The van der Waals surface area contributed by atoms with Crippen LogP contribution in [-0.2, 0) is 6.54 Å². The number of aromatic nitrogens is 2. The smallest absolute Gasteiger partial charge is 0.324 e. The summed E-state index contributed by atoms with van der Waals surface area (Å²) in [5.74, 6) is 1.91. The summed E-state index contributed by atoms with van der Waals surface area (Å²) in [5.41, 5.74) is 0.588. The molecule has 0 unspecified atom stereocenters. The van der Waals surface area contributed by atoms with Gasteiger partial charge in [0.2, 0.25) is 0 Å². The molecule has 0 radical (unpaired) electrons. The molecule has 3 rings (SSSR count). The van der Waals surface area contributed by atoms with Crippen LogP contribution in [0.2, 0.25) is 0 Å². The van der Waals surface area contributed by atoms with Gasteiger partial charge in [-0.3, -0.25) is 5.32 Å². The van der Waals surface area contributed by atoms with E-state index in [0.29, 0.717) is 23.8 Å². The Morgan fingerprint density at radius 1 is 1.22 bits per heavy atom. The Hall–Kier alpha value is -3.22. The Bertz CT molecular complexity index is 780. The van der Waals surface area contributed by atoms with Gasteiger partial charge >= 0.3 is 6.03 Å². The van der Waals surface area contributed by atoms with Crippen molar-refractivity contribution >= 4 is 17.5 Å². The van der Waals surface area contributed by atoms with Crippen LogP contribution in [0.3, 0.4) is 0 Å². The third-order valence-electron chi connectivity index (χ3n) is 3.20. The number of nitrogens with zero attached hydrogens (tertiary/aromatic N) is 2. The molecule has 23 heavy (non-hydrogen) atoms. The molecule has 2 heterocycles. The number of hydrogen-bond donors (Lipinski definition) is 2. The van der Waals surface area contributed by atoms with E-state index in [0.717, 1.165) is 5.76 Å². The highest BCUT2D eigenvalue weighted by Gasteiger charge is 2.10. The van der Waals surface area contributed by atoms with E-state index in [2.05, 4.69) is 15.7 Å². The topological polar surface area (TPSA) is 81.3 Å². The van der Waals surface area contributed by atoms with Crippen LogP contribution in [0.5, 0.6) is 5.75 Å². The van der Waals surface area contributed by atoms with Gasteiger partial charge in [-0.25, -0.2) is 9.48 Å². The first-order valence-electron chi connectivity index (χ1n) is 7.01. The minimum atomic E-state index is -0.379. The molecule has 118 valence electrons. The number of ether oxygens (including phenoxy) is 1. The van der Waals surface area contributed by atoms with Crippen LogP contribution in [0, 0.1) is 0 Å². The SMILES string of the molecule is COc1ccccc1NC(=O)Nc1ccnn1Cc1ccco1. The summed E-state index contributed by atoms with van der Waals surface area (Å²) < 4.78 is 12.1. The monoisotopic (exact) mass is 312 g/mol. The molecule has 2 amide bonds. The molecule has 0 aliphatic rings. The molecule has 0 saturated heterocycles. The van der Waals surface area contributed by atoms with Crippen LogP contribution in [0.4, 0.5) is 16.3 Å². The van der Waals surface area contributed by atoms with Crippen LogP contribution in [0.15, 0.2) is 59.3 Å². The second kappa shape index (κ2) is 6.69. The van der Waals surface area contributed by atoms with Crippen molar-refractivity contribution < 1.29 is 13.9 Å². The third kappa shape index (κ3) is 3.52. The van der Waals surface area contributed by atoms with Crippen molar-refractivity contribution in [3.63, 3.8) is 0 Å². The van der Waals surface area contributed by atoms with Crippen molar-refractivity contribution in [1.82, 2.24) is 9.78 Å². The lowest BCUT2D eigenvalue weighted by Crippen LogP contribution is -2.22. The maximum Gasteiger partial charge on any atom is 0.324 e. The Morgan fingerprint density at radius 2 is 2.09 bits per heavy atom. The molecule has 1 aromatic carbocycles. The van der Waals surface area contributed by atoms with Gasteiger partial charge in [0, 0.05) is 6.07 Å². The summed E-state index contributed by atoms with van der Waals surface area (Å²) in [6, 6.07) is 12.2. The van der Waals surface area contributed by atoms with Crippen LogP contribution in [-0.4, -0.2) is 22.9 Å². The lowest BCUT2D eigenvalue weighted by molar-refractivity contribution is 0.261. The van der Waals surface area contributed by atoms with E-state index in [1.165, 1.54) is 0 Å². The molecule has 2 aromatic heterocycles. The zero-order valence-electron chi connectivity index (χ0n) is 12.5. The van der Waals surface area contributed by atoms with Crippen molar-refractivity contribution in [3.05, 3.63) is 60.7 Å². The molecular weight excluding hydrogens is 296 g/mol. The molecule has 0 aliphatic heterocycles. The summed E-state index contributed by atoms with van der Waals surface area (Å²) in [6.45, 7) is 0.435. The van der Waals surface area contributed by atoms with Crippen molar-refractivity contribution in [2.75, 3.05) is 17.7 Å². The number of para-hydroxylation sites is 2. The second-order valence-corrected chi connectivity index (χ2v) is 4.73. The summed E-state index contributed by atoms with van der Waals surface area (Å²) in [5, 5.41) is 9.68. The predicted molar refractivity (Wildman–Crippen MR) is 85.7 cm³/mol. The van der Waals surface area contributed by atoms with Crippen LogP contribution < -0.4 is 15.4 Å². The Balaban J connectivity index is 1.68. The number of benzene rings is 1. The second-order valence-electron chi connectivity index (χ2n) is 4.73. The first-order valence-corrected chi connectivity index (χ1v) is 7.01.